The number of amides is 2. The van der Waals surface area contributed by atoms with Crippen molar-refractivity contribution in [1.29, 1.82) is 0 Å². The first kappa shape index (κ1) is 21.8. The zero-order chi connectivity index (χ0) is 22.7. The molecule has 4 rings (SSSR count). The molecule has 2 aromatic rings. The van der Waals surface area contributed by atoms with E-state index in [9.17, 15) is 9.59 Å². The normalized spacial score (nSPS) is 18.8. The summed E-state index contributed by atoms with van der Waals surface area (Å²) in [4.78, 5) is 26.0. The molecule has 2 heterocycles. The lowest BCUT2D eigenvalue weighted by Crippen LogP contribution is -2.28. The molecular weight excluding hydrogens is 406 g/mol. The minimum absolute atomic E-state index is 0.140. The van der Waals surface area contributed by atoms with Crippen molar-refractivity contribution in [3.05, 3.63) is 29.8 Å². The van der Waals surface area contributed by atoms with Gasteiger partial charge in [-0.2, -0.15) is 5.10 Å². The van der Waals surface area contributed by atoms with Gasteiger partial charge in [0.2, 0.25) is 0 Å². The summed E-state index contributed by atoms with van der Waals surface area (Å²) < 4.78 is 7.72. The topological polar surface area (TPSA) is 116 Å². The molecule has 1 aromatic carbocycles. The summed E-state index contributed by atoms with van der Waals surface area (Å²) in [5.74, 6) is 5.36. The third kappa shape index (κ3) is 4.42. The molecule has 32 heavy (non-hydrogen) atoms. The predicted molar refractivity (Wildman–Crippen MR) is 122 cm³/mol. The Kier molecular flexibility index (Phi) is 6.35. The van der Waals surface area contributed by atoms with Crippen molar-refractivity contribution in [1.82, 2.24) is 14.7 Å². The van der Waals surface area contributed by atoms with Crippen LogP contribution in [0.2, 0.25) is 0 Å². The Labute approximate surface area is 187 Å². The first-order chi connectivity index (χ1) is 15.5. The van der Waals surface area contributed by atoms with Gasteiger partial charge < -0.3 is 21.1 Å². The van der Waals surface area contributed by atoms with Crippen molar-refractivity contribution in [2.45, 2.75) is 57.6 Å². The fraction of sp³-hybridized carbons (Fsp3) is 0.458. The summed E-state index contributed by atoms with van der Waals surface area (Å²) >= 11 is 0. The first-order valence-electron chi connectivity index (χ1n) is 11.1. The van der Waals surface area contributed by atoms with Gasteiger partial charge in [0.1, 0.15) is 22.8 Å². The maximum absolute atomic E-state index is 12.2. The van der Waals surface area contributed by atoms with E-state index in [0.717, 1.165) is 24.2 Å². The van der Waals surface area contributed by atoms with E-state index >= 15 is 0 Å². The van der Waals surface area contributed by atoms with Crippen LogP contribution in [-0.2, 0) is 4.79 Å². The molecule has 0 radical (unpaired) electrons. The molecule has 0 spiro atoms. The van der Waals surface area contributed by atoms with E-state index in [0.29, 0.717) is 25.2 Å². The van der Waals surface area contributed by atoms with Crippen molar-refractivity contribution >= 4 is 17.6 Å². The Morgan fingerprint density at radius 2 is 1.84 bits per heavy atom. The summed E-state index contributed by atoms with van der Waals surface area (Å²) in [5.41, 5.74) is 13.3. The lowest BCUT2D eigenvalue weighted by Gasteiger charge is -2.23. The summed E-state index contributed by atoms with van der Waals surface area (Å²) in [6, 6.07) is 7.39. The number of carbonyl (C=O) groups is 2. The van der Waals surface area contributed by atoms with Crippen LogP contribution in [0.25, 0.3) is 11.3 Å². The average Bonchev–Trinajstić information content (AvgIpc) is 3.40. The van der Waals surface area contributed by atoms with E-state index < -0.39 is 5.91 Å². The van der Waals surface area contributed by atoms with Crippen molar-refractivity contribution in [2.24, 2.45) is 5.73 Å². The molecule has 8 heteroatoms. The standard InChI is InChI=1S/C24H29N5O3/c1-2-6-20(30)28-14-13-17(15-28)29-23(25)21(24(26)31)22(27-29)16-9-11-19(12-10-16)32-18-7-4-3-5-8-18/h9-12,17-18H,3-5,7-8,13-15,25H2,1H3,(H2,26,31). The number of nitrogen functional groups attached to an aromatic ring is 1. The number of aromatic nitrogens is 2. The maximum Gasteiger partial charge on any atom is 0.298 e. The van der Waals surface area contributed by atoms with Gasteiger partial charge in [0.15, 0.2) is 0 Å². The second-order valence-corrected chi connectivity index (χ2v) is 8.39. The van der Waals surface area contributed by atoms with Gasteiger partial charge in [0, 0.05) is 18.7 Å². The van der Waals surface area contributed by atoms with Gasteiger partial charge in [-0.1, -0.05) is 12.3 Å². The van der Waals surface area contributed by atoms with Gasteiger partial charge in [0.05, 0.1) is 12.1 Å². The van der Waals surface area contributed by atoms with Gasteiger partial charge in [-0.15, -0.1) is 0 Å². The van der Waals surface area contributed by atoms with E-state index in [2.05, 4.69) is 16.9 Å². The summed E-state index contributed by atoms with van der Waals surface area (Å²) in [6.07, 6.45) is 6.79. The summed E-state index contributed by atoms with van der Waals surface area (Å²) in [6.45, 7) is 2.63. The Balaban J connectivity index is 1.57. The van der Waals surface area contributed by atoms with Gasteiger partial charge in [-0.25, -0.2) is 4.68 Å². The third-order valence-electron chi connectivity index (χ3n) is 6.20. The van der Waals surface area contributed by atoms with Crippen molar-refractivity contribution in [3.8, 4) is 28.8 Å². The van der Waals surface area contributed by atoms with Gasteiger partial charge in [-0.3, -0.25) is 9.59 Å². The number of benzene rings is 1. The molecule has 8 nitrogen and oxygen atoms in total. The highest BCUT2D eigenvalue weighted by Gasteiger charge is 2.31. The molecule has 2 fully saturated rings. The number of primary amides is 1. The van der Waals surface area contributed by atoms with Crippen LogP contribution in [0.15, 0.2) is 24.3 Å². The summed E-state index contributed by atoms with van der Waals surface area (Å²) in [5, 5.41) is 4.64. The predicted octanol–water partition coefficient (Wildman–Crippen LogP) is 2.74. The van der Waals surface area contributed by atoms with Crippen LogP contribution < -0.4 is 16.2 Å². The number of anilines is 1. The summed E-state index contributed by atoms with van der Waals surface area (Å²) in [7, 11) is 0. The van der Waals surface area contributed by atoms with Crippen LogP contribution >= 0.6 is 0 Å². The lowest BCUT2D eigenvalue weighted by atomic mass is 9.98. The smallest absolute Gasteiger partial charge is 0.298 e. The minimum Gasteiger partial charge on any atom is -0.490 e. The molecule has 1 saturated heterocycles. The molecule has 1 saturated carbocycles. The number of carbonyl (C=O) groups excluding carboxylic acids is 2. The number of nitrogens with zero attached hydrogens (tertiary/aromatic N) is 3. The number of ether oxygens (including phenoxy) is 1. The van der Waals surface area contributed by atoms with Crippen molar-refractivity contribution in [3.63, 3.8) is 0 Å². The van der Waals surface area contributed by atoms with Gasteiger partial charge in [0.25, 0.3) is 11.8 Å². The maximum atomic E-state index is 12.2. The average molecular weight is 436 g/mol. The minimum atomic E-state index is -0.630. The number of nitrogens with two attached hydrogens (primary N) is 2. The largest absolute Gasteiger partial charge is 0.490 e. The van der Waals surface area contributed by atoms with Crippen molar-refractivity contribution in [2.75, 3.05) is 18.8 Å². The van der Waals surface area contributed by atoms with E-state index in [4.69, 9.17) is 16.2 Å². The van der Waals surface area contributed by atoms with E-state index in [-0.39, 0.29) is 29.4 Å². The molecule has 1 atom stereocenters. The van der Waals surface area contributed by atoms with Crippen molar-refractivity contribution < 1.29 is 14.3 Å². The zero-order valence-electron chi connectivity index (χ0n) is 18.3. The number of hydrogen-bond acceptors (Lipinski definition) is 5. The van der Waals surface area contributed by atoms with Gasteiger partial charge >= 0.3 is 0 Å². The van der Waals surface area contributed by atoms with Crippen LogP contribution in [0.5, 0.6) is 5.75 Å². The monoisotopic (exact) mass is 435 g/mol. The van der Waals surface area contributed by atoms with E-state index in [1.54, 1.807) is 16.5 Å². The molecule has 1 unspecified atom stereocenters. The second kappa shape index (κ2) is 9.35. The SMILES string of the molecule is CC#CC(=O)N1CCC(n2nc(-c3ccc(OC4CCCCC4)cc3)c(C(N)=O)c2N)C1. The molecule has 2 amide bonds. The molecule has 1 aliphatic heterocycles. The van der Waals surface area contributed by atoms with Crippen LogP contribution in [0.3, 0.4) is 0 Å². The van der Waals surface area contributed by atoms with Crippen LogP contribution in [0.4, 0.5) is 5.82 Å². The Bertz CT molecular complexity index is 1060. The molecule has 168 valence electrons. The van der Waals surface area contributed by atoms with Gasteiger partial charge in [-0.05, 0) is 69.2 Å². The third-order valence-corrected chi connectivity index (χ3v) is 6.20. The molecule has 2 aliphatic rings. The fourth-order valence-electron chi connectivity index (χ4n) is 4.55. The molecule has 1 aromatic heterocycles. The van der Waals surface area contributed by atoms with Crippen LogP contribution in [0, 0.1) is 11.8 Å². The quantitative estimate of drug-likeness (QED) is 0.701. The Morgan fingerprint density at radius 1 is 1.12 bits per heavy atom. The van der Waals surface area contributed by atoms with Crippen LogP contribution in [-0.4, -0.2) is 45.7 Å². The highest BCUT2D eigenvalue weighted by molar-refractivity contribution is 6.03. The van der Waals surface area contributed by atoms with Crippen LogP contribution in [0.1, 0.15) is 61.8 Å². The molecule has 1 aliphatic carbocycles. The second-order valence-electron chi connectivity index (χ2n) is 8.39. The molecular formula is C24H29N5O3. The zero-order valence-corrected chi connectivity index (χ0v) is 18.3. The fourth-order valence-corrected chi connectivity index (χ4v) is 4.55. The number of rotatable bonds is 5. The number of hydrogen-bond donors (Lipinski definition) is 2. The molecule has 4 N–H and O–H groups in total. The highest BCUT2D eigenvalue weighted by atomic mass is 16.5. The molecule has 0 bridgehead atoms. The Morgan fingerprint density at radius 3 is 2.50 bits per heavy atom. The highest BCUT2D eigenvalue weighted by Crippen LogP contribution is 2.33. The Hall–Kier alpha value is -3.47. The van der Waals surface area contributed by atoms with E-state index in [1.165, 1.54) is 19.3 Å². The lowest BCUT2D eigenvalue weighted by molar-refractivity contribution is -0.124. The first-order valence-corrected chi connectivity index (χ1v) is 11.1. The van der Waals surface area contributed by atoms with E-state index in [1.807, 2.05) is 24.3 Å². The number of likely N-dealkylation sites (tertiary alicyclic amines) is 1.